The van der Waals surface area contributed by atoms with Crippen LogP contribution in [0.4, 0.5) is 8.78 Å². The highest BCUT2D eigenvalue weighted by Gasteiger charge is 2.31. The highest BCUT2D eigenvalue weighted by Crippen LogP contribution is 2.30. The Morgan fingerprint density at radius 3 is 2.47 bits per heavy atom. The first-order chi connectivity index (χ1) is 14.3. The second kappa shape index (κ2) is 9.40. The van der Waals surface area contributed by atoms with Crippen LogP contribution in [0.2, 0.25) is 0 Å². The smallest absolute Gasteiger partial charge is 0.387 e. The van der Waals surface area contributed by atoms with Crippen molar-refractivity contribution in [2.75, 3.05) is 20.2 Å². The summed E-state index contributed by atoms with van der Waals surface area (Å²) in [5, 5.41) is 0. The SMILES string of the molecule is COc1ccc(C(=O)OCc2ccccc2OC(F)F)cc1S(=O)(=O)N1CCCC1. The van der Waals surface area contributed by atoms with E-state index in [-0.39, 0.29) is 34.1 Å². The Morgan fingerprint density at radius 2 is 1.80 bits per heavy atom. The molecule has 10 heteroatoms. The number of sulfonamides is 1. The van der Waals surface area contributed by atoms with E-state index in [1.807, 2.05) is 0 Å². The molecule has 0 N–H and O–H groups in total. The van der Waals surface area contributed by atoms with E-state index in [4.69, 9.17) is 9.47 Å². The molecule has 1 aliphatic heterocycles. The number of ether oxygens (including phenoxy) is 3. The summed E-state index contributed by atoms with van der Waals surface area (Å²) in [5.41, 5.74) is 0.255. The highest BCUT2D eigenvalue weighted by atomic mass is 32.2. The van der Waals surface area contributed by atoms with Crippen LogP contribution in [0.25, 0.3) is 0 Å². The molecule has 0 radical (unpaired) electrons. The number of methoxy groups -OCH3 is 1. The van der Waals surface area contributed by atoms with Gasteiger partial charge < -0.3 is 14.2 Å². The molecule has 0 amide bonds. The number of para-hydroxylation sites is 1. The Kier molecular flexibility index (Phi) is 6.88. The lowest BCUT2D eigenvalue weighted by molar-refractivity contribution is -0.0510. The van der Waals surface area contributed by atoms with Crippen LogP contribution in [0.3, 0.4) is 0 Å². The first-order valence-electron chi connectivity index (χ1n) is 9.21. The van der Waals surface area contributed by atoms with E-state index >= 15 is 0 Å². The molecule has 3 rings (SSSR count). The minimum absolute atomic E-state index is 0.000769. The molecule has 1 heterocycles. The van der Waals surface area contributed by atoms with Gasteiger partial charge in [0, 0.05) is 18.7 Å². The van der Waals surface area contributed by atoms with E-state index in [0.717, 1.165) is 12.8 Å². The Hall–Kier alpha value is -2.72. The van der Waals surface area contributed by atoms with E-state index in [0.29, 0.717) is 13.1 Å². The number of alkyl halides is 2. The molecule has 0 aliphatic carbocycles. The molecule has 0 saturated carbocycles. The second-order valence-corrected chi connectivity index (χ2v) is 8.45. The zero-order valence-electron chi connectivity index (χ0n) is 16.2. The maximum atomic E-state index is 12.9. The monoisotopic (exact) mass is 441 g/mol. The molecule has 1 fully saturated rings. The molecule has 1 saturated heterocycles. The molecule has 0 atom stereocenters. The molecule has 2 aromatic carbocycles. The van der Waals surface area contributed by atoms with Crippen LogP contribution in [0, 0.1) is 0 Å². The molecular formula is C20H21F2NO6S. The van der Waals surface area contributed by atoms with Gasteiger partial charge in [-0.2, -0.15) is 13.1 Å². The first kappa shape index (κ1) is 22.0. The van der Waals surface area contributed by atoms with Crippen molar-refractivity contribution in [3.8, 4) is 11.5 Å². The third kappa shape index (κ3) is 4.88. The number of halogens is 2. The Morgan fingerprint density at radius 1 is 1.10 bits per heavy atom. The number of carbonyl (C=O) groups is 1. The molecule has 0 spiro atoms. The number of carbonyl (C=O) groups excluding carboxylic acids is 1. The quantitative estimate of drug-likeness (QED) is 0.584. The van der Waals surface area contributed by atoms with Gasteiger partial charge >= 0.3 is 12.6 Å². The number of hydrogen-bond donors (Lipinski definition) is 0. The van der Waals surface area contributed by atoms with Crippen molar-refractivity contribution in [2.45, 2.75) is 31.0 Å². The zero-order valence-corrected chi connectivity index (χ0v) is 17.0. The number of rotatable bonds is 8. The van der Waals surface area contributed by atoms with Crippen LogP contribution in [0.15, 0.2) is 47.4 Å². The molecule has 162 valence electrons. The summed E-state index contributed by atoms with van der Waals surface area (Å²) in [6, 6.07) is 9.90. The minimum Gasteiger partial charge on any atom is -0.495 e. The van der Waals surface area contributed by atoms with E-state index < -0.39 is 22.6 Å². The van der Waals surface area contributed by atoms with Gasteiger partial charge in [-0.15, -0.1) is 0 Å². The average Bonchev–Trinajstić information content (AvgIpc) is 3.28. The van der Waals surface area contributed by atoms with Crippen LogP contribution < -0.4 is 9.47 Å². The summed E-state index contributed by atoms with van der Waals surface area (Å²) in [6.45, 7) is -2.52. The van der Waals surface area contributed by atoms with E-state index in [9.17, 15) is 22.0 Å². The lowest BCUT2D eigenvalue weighted by Crippen LogP contribution is -2.28. The van der Waals surface area contributed by atoms with Gasteiger partial charge in [0.25, 0.3) is 0 Å². The third-order valence-corrected chi connectivity index (χ3v) is 6.55. The summed E-state index contributed by atoms with van der Waals surface area (Å²) in [7, 11) is -2.48. The van der Waals surface area contributed by atoms with Gasteiger partial charge in [0.15, 0.2) is 0 Å². The van der Waals surface area contributed by atoms with Crippen molar-refractivity contribution in [3.63, 3.8) is 0 Å². The minimum atomic E-state index is -3.83. The van der Waals surface area contributed by atoms with Crippen LogP contribution >= 0.6 is 0 Å². The van der Waals surface area contributed by atoms with Gasteiger partial charge in [0.2, 0.25) is 10.0 Å². The van der Waals surface area contributed by atoms with Crippen LogP contribution in [-0.2, 0) is 21.4 Å². The molecule has 30 heavy (non-hydrogen) atoms. The fourth-order valence-electron chi connectivity index (χ4n) is 3.13. The third-order valence-electron chi connectivity index (χ3n) is 4.63. The van der Waals surface area contributed by atoms with Gasteiger partial charge in [-0.3, -0.25) is 0 Å². The normalized spacial score (nSPS) is 14.7. The van der Waals surface area contributed by atoms with Crippen molar-refractivity contribution >= 4 is 16.0 Å². The van der Waals surface area contributed by atoms with Crippen LogP contribution in [-0.4, -0.2) is 45.5 Å². The predicted molar refractivity (Wildman–Crippen MR) is 103 cm³/mol. The molecule has 0 bridgehead atoms. The molecule has 7 nitrogen and oxygen atoms in total. The highest BCUT2D eigenvalue weighted by molar-refractivity contribution is 7.89. The van der Waals surface area contributed by atoms with Crippen molar-refractivity contribution in [3.05, 3.63) is 53.6 Å². The van der Waals surface area contributed by atoms with Gasteiger partial charge in [0.1, 0.15) is 23.0 Å². The summed E-state index contributed by atoms with van der Waals surface area (Å²) in [6.07, 6.45) is 1.53. The second-order valence-electron chi connectivity index (χ2n) is 6.54. The number of benzene rings is 2. The molecule has 1 aliphatic rings. The predicted octanol–water partition coefficient (Wildman–Crippen LogP) is 3.44. The lowest BCUT2D eigenvalue weighted by atomic mass is 10.2. The maximum absolute atomic E-state index is 12.9. The standard InChI is InChI=1S/C20H21F2NO6S/c1-27-17-9-8-14(12-18(17)30(25,26)23-10-4-5-11-23)19(24)28-13-15-6-2-3-7-16(15)29-20(21)22/h2-3,6-9,12,20H,4-5,10-11,13H2,1H3. The summed E-state index contributed by atoms with van der Waals surface area (Å²) in [4.78, 5) is 12.4. The topological polar surface area (TPSA) is 82.1 Å². The lowest BCUT2D eigenvalue weighted by Gasteiger charge is -2.18. The Balaban J connectivity index is 1.80. The van der Waals surface area contributed by atoms with Gasteiger partial charge in [0.05, 0.1) is 12.7 Å². The van der Waals surface area contributed by atoms with E-state index in [1.54, 1.807) is 6.07 Å². The number of nitrogens with zero attached hydrogens (tertiary/aromatic N) is 1. The molecule has 2 aromatic rings. The van der Waals surface area contributed by atoms with E-state index in [1.165, 1.54) is 47.8 Å². The Labute approximate surface area is 173 Å². The largest absolute Gasteiger partial charge is 0.495 e. The van der Waals surface area contributed by atoms with Crippen molar-refractivity contribution in [1.29, 1.82) is 0 Å². The fraction of sp³-hybridized carbons (Fsp3) is 0.350. The van der Waals surface area contributed by atoms with Gasteiger partial charge in [-0.25, -0.2) is 13.2 Å². The summed E-state index contributed by atoms with van der Waals surface area (Å²) >= 11 is 0. The summed E-state index contributed by atoms with van der Waals surface area (Å²) < 4.78 is 67.0. The van der Waals surface area contributed by atoms with E-state index in [2.05, 4.69) is 4.74 Å². The fourth-order valence-corrected chi connectivity index (χ4v) is 4.83. The van der Waals surface area contributed by atoms with Gasteiger partial charge in [-0.1, -0.05) is 18.2 Å². The molecular weight excluding hydrogens is 420 g/mol. The van der Waals surface area contributed by atoms with Crippen molar-refractivity contribution in [1.82, 2.24) is 4.31 Å². The number of hydrogen-bond acceptors (Lipinski definition) is 6. The number of esters is 1. The van der Waals surface area contributed by atoms with Crippen molar-refractivity contribution < 1.29 is 36.2 Å². The van der Waals surface area contributed by atoms with Crippen molar-refractivity contribution in [2.24, 2.45) is 0 Å². The summed E-state index contributed by atoms with van der Waals surface area (Å²) in [5.74, 6) is -0.788. The Bertz CT molecular complexity index is 1010. The van der Waals surface area contributed by atoms with Gasteiger partial charge in [-0.05, 0) is 37.1 Å². The maximum Gasteiger partial charge on any atom is 0.387 e. The van der Waals surface area contributed by atoms with Crippen LogP contribution in [0.1, 0.15) is 28.8 Å². The molecule has 0 unspecified atom stereocenters. The first-order valence-corrected chi connectivity index (χ1v) is 10.6. The molecule has 0 aromatic heterocycles. The van der Waals surface area contributed by atoms with Crippen LogP contribution in [0.5, 0.6) is 11.5 Å². The average molecular weight is 441 g/mol. The zero-order chi connectivity index (χ0) is 21.7.